The number of aliphatic hydroxyl groups is 1. The molecular weight excluding hydrogens is 246 g/mol. The highest BCUT2D eigenvalue weighted by molar-refractivity contribution is 5.52. The number of hydrogen-bond donors (Lipinski definition) is 2. The van der Waals surface area contributed by atoms with Gasteiger partial charge >= 0.3 is 0 Å². The Morgan fingerprint density at radius 1 is 1.11 bits per heavy atom. The maximum Gasteiger partial charge on any atom is 0.132 e. The van der Waals surface area contributed by atoms with Crippen LogP contribution in [0.15, 0.2) is 12.1 Å². The molecule has 0 aromatic heterocycles. The molecule has 0 fully saturated rings. The van der Waals surface area contributed by atoms with Crippen molar-refractivity contribution in [1.29, 1.82) is 0 Å². The second-order valence-corrected chi connectivity index (χ2v) is 4.17. The Kier molecular flexibility index (Phi) is 6.45. The second-order valence-electron chi connectivity index (χ2n) is 4.17. The second kappa shape index (κ2) is 7.86. The van der Waals surface area contributed by atoms with Crippen LogP contribution in [0, 0.1) is 0 Å². The third-order valence-electron chi connectivity index (χ3n) is 2.85. The van der Waals surface area contributed by atoms with Crippen LogP contribution in [0.2, 0.25) is 0 Å². The Labute approximate surface area is 114 Å². The van der Waals surface area contributed by atoms with E-state index in [1.165, 1.54) is 0 Å². The molecule has 0 aliphatic carbocycles. The van der Waals surface area contributed by atoms with Gasteiger partial charge in [-0.2, -0.15) is 0 Å². The van der Waals surface area contributed by atoms with E-state index in [0.29, 0.717) is 29.4 Å². The Bertz CT molecular complexity index is 370. The molecule has 2 N–H and O–H groups in total. The molecule has 0 aliphatic rings. The molecule has 1 aromatic carbocycles. The van der Waals surface area contributed by atoms with Gasteiger partial charge < -0.3 is 24.6 Å². The molecule has 1 atom stereocenters. The zero-order valence-corrected chi connectivity index (χ0v) is 12.0. The molecule has 0 aliphatic heterocycles. The van der Waals surface area contributed by atoms with E-state index in [1.807, 2.05) is 0 Å². The van der Waals surface area contributed by atoms with E-state index < -0.39 is 6.10 Å². The Morgan fingerprint density at radius 2 is 1.68 bits per heavy atom. The number of benzene rings is 1. The summed E-state index contributed by atoms with van der Waals surface area (Å²) in [5.74, 6) is 1.75. The van der Waals surface area contributed by atoms with E-state index in [9.17, 15) is 5.11 Å². The monoisotopic (exact) mass is 269 g/mol. The standard InChI is InChI=1S/C14H23NO4/c1-5-6-15-9-11(16)14-12(18-3)7-10(17-2)8-13(14)19-4/h7-8,11,15-16H,5-6,9H2,1-4H3. The number of aliphatic hydroxyl groups excluding tert-OH is 1. The first-order valence-electron chi connectivity index (χ1n) is 6.36. The Hall–Kier alpha value is -1.46. The van der Waals surface area contributed by atoms with Gasteiger partial charge in [-0.05, 0) is 13.0 Å². The molecule has 0 heterocycles. The van der Waals surface area contributed by atoms with Crippen molar-refractivity contribution in [2.24, 2.45) is 0 Å². The van der Waals surface area contributed by atoms with E-state index in [-0.39, 0.29) is 0 Å². The lowest BCUT2D eigenvalue weighted by Gasteiger charge is -2.19. The molecule has 19 heavy (non-hydrogen) atoms. The van der Waals surface area contributed by atoms with E-state index in [4.69, 9.17) is 14.2 Å². The molecule has 0 bridgehead atoms. The summed E-state index contributed by atoms with van der Waals surface area (Å²) in [5.41, 5.74) is 0.634. The summed E-state index contributed by atoms with van der Waals surface area (Å²) in [6.07, 6.45) is 0.325. The molecule has 5 heteroatoms. The van der Waals surface area contributed by atoms with Gasteiger partial charge in [0.25, 0.3) is 0 Å². The fourth-order valence-electron chi connectivity index (χ4n) is 1.88. The fourth-order valence-corrected chi connectivity index (χ4v) is 1.88. The zero-order chi connectivity index (χ0) is 14.3. The van der Waals surface area contributed by atoms with Crippen LogP contribution in [0.1, 0.15) is 25.0 Å². The minimum Gasteiger partial charge on any atom is -0.496 e. The lowest BCUT2D eigenvalue weighted by molar-refractivity contribution is 0.166. The normalized spacial score (nSPS) is 12.1. The molecule has 108 valence electrons. The highest BCUT2D eigenvalue weighted by Gasteiger charge is 2.20. The van der Waals surface area contributed by atoms with E-state index in [0.717, 1.165) is 13.0 Å². The molecule has 0 amide bonds. The van der Waals surface area contributed by atoms with Crippen molar-refractivity contribution in [3.05, 3.63) is 17.7 Å². The van der Waals surface area contributed by atoms with Crippen LogP contribution >= 0.6 is 0 Å². The van der Waals surface area contributed by atoms with Crippen molar-refractivity contribution >= 4 is 0 Å². The summed E-state index contributed by atoms with van der Waals surface area (Å²) in [6, 6.07) is 3.47. The number of ether oxygens (including phenoxy) is 3. The average Bonchev–Trinajstić information content (AvgIpc) is 2.45. The molecular formula is C14H23NO4. The minimum atomic E-state index is -0.692. The third kappa shape index (κ3) is 4.01. The zero-order valence-electron chi connectivity index (χ0n) is 12.0. The van der Waals surface area contributed by atoms with Gasteiger partial charge in [-0.3, -0.25) is 0 Å². The van der Waals surface area contributed by atoms with Gasteiger partial charge in [0.15, 0.2) is 0 Å². The smallest absolute Gasteiger partial charge is 0.132 e. The molecule has 1 aromatic rings. The number of methoxy groups -OCH3 is 3. The number of rotatable bonds is 8. The highest BCUT2D eigenvalue weighted by Crippen LogP contribution is 2.37. The summed E-state index contributed by atoms with van der Waals surface area (Å²) >= 11 is 0. The lowest BCUT2D eigenvalue weighted by atomic mass is 10.1. The molecule has 1 rings (SSSR count). The van der Waals surface area contributed by atoms with Crippen molar-refractivity contribution in [2.75, 3.05) is 34.4 Å². The first kappa shape index (κ1) is 15.6. The Balaban J connectivity index is 3.02. The van der Waals surface area contributed by atoms with Crippen molar-refractivity contribution in [1.82, 2.24) is 5.32 Å². The summed E-state index contributed by atoms with van der Waals surface area (Å²) in [7, 11) is 4.70. The highest BCUT2D eigenvalue weighted by atomic mass is 16.5. The van der Waals surface area contributed by atoms with Gasteiger partial charge in [-0.25, -0.2) is 0 Å². The largest absolute Gasteiger partial charge is 0.496 e. The van der Waals surface area contributed by atoms with Crippen molar-refractivity contribution in [2.45, 2.75) is 19.4 Å². The quantitative estimate of drug-likeness (QED) is 0.704. The molecule has 5 nitrogen and oxygen atoms in total. The maximum atomic E-state index is 10.3. The van der Waals surface area contributed by atoms with Gasteiger partial charge in [-0.1, -0.05) is 6.92 Å². The van der Waals surface area contributed by atoms with Crippen LogP contribution in [-0.2, 0) is 0 Å². The van der Waals surface area contributed by atoms with Crippen LogP contribution in [-0.4, -0.2) is 39.5 Å². The van der Waals surface area contributed by atoms with Crippen molar-refractivity contribution in [3.63, 3.8) is 0 Å². The van der Waals surface area contributed by atoms with Crippen molar-refractivity contribution in [3.8, 4) is 17.2 Å². The van der Waals surface area contributed by atoms with Crippen LogP contribution < -0.4 is 19.5 Å². The summed E-state index contributed by atoms with van der Waals surface area (Å²) in [5, 5.41) is 13.4. The van der Waals surface area contributed by atoms with Crippen molar-refractivity contribution < 1.29 is 19.3 Å². The maximum absolute atomic E-state index is 10.3. The van der Waals surface area contributed by atoms with Crippen LogP contribution in [0.3, 0.4) is 0 Å². The van der Waals surface area contributed by atoms with Gasteiger partial charge in [-0.15, -0.1) is 0 Å². The van der Waals surface area contributed by atoms with E-state index in [1.54, 1.807) is 33.5 Å². The van der Waals surface area contributed by atoms with E-state index in [2.05, 4.69) is 12.2 Å². The summed E-state index contributed by atoms with van der Waals surface area (Å²) < 4.78 is 15.8. The number of hydrogen-bond acceptors (Lipinski definition) is 5. The fraction of sp³-hybridized carbons (Fsp3) is 0.571. The van der Waals surface area contributed by atoms with Gasteiger partial charge in [0, 0.05) is 18.7 Å². The Morgan fingerprint density at radius 3 is 2.11 bits per heavy atom. The molecule has 0 saturated heterocycles. The van der Waals surface area contributed by atoms with Crippen LogP contribution in [0.4, 0.5) is 0 Å². The van der Waals surface area contributed by atoms with Crippen LogP contribution in [0.5, 0.6) is 17.2 Å². The predicted molar refractivity (Wildman–Crippen MR) is 74.2 cm³/mol. The third-order valence-corrected chi connectivity index (χ3v) is 2.85. The SMILES string of the molecule is CCCNCC(O)c1c(OC)cc(OC)cc1OC. The predicted octanol–water partition coefficient (Wildman–Crippen LogP) is 1.75. The van der Waals surface area contributed by atoms with Crippen LogP contribution in [0.25, 0.3) is 0 Å². The topological polar surface area (TPSA) is 60.0 Å². The van der Waals surface area contributed by atoms with Gasteiger partial charge in [0.2, 0.25) is 0 Å². The first-order valence-corrected chi connectivity index (χ1v) is 6.36. The number of nitrogens with one attached hydrogen (secondary N) is 1. The van der Waals surface area contributed by atoms with E-state index >= 15 is 0 Å². The lowest BCUT2D eigenvalue weighted by Crippen LogP contribution is -2.22. The summed E-state index contributed by atoms with van der Waals surface area (Å²) in [4.78, 5) is 0. The minimum absolute atomic E-state index is 0.451. The summed E-state index contributed by atoms with van der Waals surface area (Å²) in [6.45, 7) is 3.39. The van der Waals surface area contributed by atoms with Gasteiger partial charge in [0.05, 0.1) is 33.0 Å². The molecule has 0 saturated carbocycles. The molecule has 0 radical (unpaired) electrons. The molecule has 0 spiro atoms. The molecule has 1 unspecified atom stereocenters. The average molecular weight is 269 g/mol. The first-order chi connectivity index (χ1) is 9.17. The van der Waals surface area contributed by atoms with Gasteiger partial charge in [0.1, 0.15) is 17.2 Å².